The van der Waals surface area contributed by atoms with Gasteiger partial charge in [-0.25, -0.2) is 4.79 Å². The molecule has 0 amide bonds. The maximum Gasteiger partial charge on any atom is 0.338 e. The smallest absolute Gasteiger partial charge is 0.338 e. The van der Waals surface area contributed by atoms with E-state index in [4.69, 9.17) is 14.2 Å². The Morgan fingerprint density at radius 2 is 1.78 bits per heavy atom. The lowest BCUT2D eigenvalue weighted by molar-refractivity contribution is -0.203. The first-order chi connectivity index (χ1) is 8.60. The number of ether oxygens (including phenoxy) is 3. The van der Waals surface area contributed by atoms with Crippen molar-refractivity contribution in [2.75, 3.05) is 0 Å². The summed E-state index contributed by atoms with van der Waals surface area (Å²) in [7, 11) is 0. The summed E-state index contributed by atoms with van der Waals surface area (Å²) in [5.74, 6) is -0.979. The molecular formula is C13H18O5. The largest absolute Gasteiger partial charge is 0.457 e. The van der Waals surface area contributed by atoms with Gasteiger partial charge in [-0.05, 0) is 12.8 Å². The summed E-state index contributed by atoms with van der Waals surface area (Å²) in [4.78, 5) is 11.6. The van der Waals surface area contributed by atoms with Crippen LogP contribution in [0.15, 0.2) is 0 Å². The van der Waals surface area contributed by atoms with Crippen LogP contribution in [0.3, 0.4) is 0 Å². The summed E-state index contributed by atoms with van der Waals surface area (Å²) in [5, 5.41) is 10.2. The lowest BCUT2D eigenvalue weighted by Gasteiger charge is -2.32. The van der Waals surface area contributed by atoms with E-state index in [1.54, 1.807) is 0 Å². The van der Waals surface area contributed by atoms with Crippen LogP contribution in [-0.2, 0) is 19.0 Å². The Morgan fingerprint density at radius 3 is 2.56 bits per heavy atom. The summed E-state index contributed by atoms with van der Waals surface area (Å²) in [6.07, 6.45) is 5.25. The third-order valence-electron chi connectivity index (χ3n) is 4.78. The minimum Gasteiger partial charge on any atom is -0.457 e. The molecule has 2 heterocycles. The predicted molar refractivity (Wildman–Crippen MR) is 59.6 cm³/mol. The molecule has 5 heteroatoms. The van der Waals surface area contributed by atoms with Crippen LogP contribution in [0.4, 0.5) is 0 Å². The molecule has 0 aromatic heterocycles. The normalized spacial score (nSPS) is 49.2. The van der Waals surface area contributed by atoms with E-state index < -0.39 is 17.4 Å². The van der Waals surface area contributed by atoms with Crippen molar-refractivity contribution in [1.82, 2.24) is 0 Å². The molecule has 4 aliphatic rings. The standard InChI is InChI=1S/C13H18O5/c14-11-12(15)6-8(16-11)10-9(7-12)17-13(18-10)4-2-1-3-5-13/h8-10,15H,1-7H2/t8-,9-,10?,12-/m1/s1. The molecule has 2 bridgehead atoms. The number of carbonyl (C=O) groups excluding carboxylic acids is 1. The van der Waals surface area contributed by atoms with Crippen molar-refractivity contribution >= 4 is 5.97 Å². The van der Waals surface area contributed by atoms with E-state index in [1.165, 1.54) is 6.42 Å². The number of hydrogen-bond donors (Lipinski definition) is 1. The second-order valence-electron chi connectivity index (χ2n) is 6.09. The maximum absolute atomic E-state index is 11.6. The first-order valence-corrected chi connectivity index (χ1v) is 6.89. The first-order valence-electron chi connectivity index (χ1n) is 6.89. The fourth-order valence-electron chi connectivity index (χ4n) is 3.88. The highest BCUT2D eigenvalue weighted by atomic mass is 16.8. The number of hydrogen-bond acceptors (Lipinski definition) is 5. The van der Waals surface area contributed by atoms with Crippen LogP contribution in [0.1, 0.15) is 44.9 Å². The van der Waals surface area contributed by atoms with Gasteiger partial charge in [0, 0.05) is 25.7 Å². The summed E-state index contributed by atoms with van der Waals surface area (Å²) in [6.45, 7) is 0. The molecule has 100 valence electrons. The van der Waals surface area contributed by atoms with Gasteiger partial charge in [0.1, 0.15) is 12.2 Å². The third kappa shape index (κ3) is 1.41. The zero-order valence-electron chi connectivity index (χ0n) is 10.3. The van der Waals surface area contributed by atoms with Crippen LogP contribution < -0.4 is 0 Å². The topological polar surface area (TPSA) is 65.0 Å². The Morgan fingerprint density at radius 1 is 1.06 bits per heavy atom. The van der Waals surface area contributed by atoms with Gasteiger partial charge in [-0.2, -0.15) is 0 Å². The Labute approximate surface area is 105 Å². The minimum absolute atomic E-state index is 0.185. The van der Waals surface area contributed by atoms with Crippen molar-refractivity contribution < 1.29 is 24.1 Å². The lowest BCUT2D eigenvalue weighted by atomic mass is 9.82. The number of fused-ring (bicyclic) bond motifs is 4. The molecule has 0 radical (unpaired) electrons. The van der Waals surface area contributed by atoms with Gasteiger partial charge in [0.15, 0.2) is 11.4 Å². The summed E-state index contributed by atoms with van der Waals surface area (Å²) < 4.78 is 17.4. The van der Waals surface area contributed by atoms with E-state index in [9.17, 15) is 9.90 Å². The van der Waals surface area contributed by atoms with Crippen molar-refractivity contribution in [3.63, 3.8) is 0 Å². The van der Waals surface area contributed by atoms with Crippen molar-refractivity contribution in [3.05, 3.63) is 0 Å². The molecule has 1 unspecified atom stereocenters. The molecule has 2 aliphatic carbocycles. The number of rotatable bonds is 0. The van der Waals surface area contributed by atoms with Gasteiger partial charge in [-0.3, -0.25) is 0 Å². The fourth-order valence-corrected chi connectivity index (χ4v) is 3.88. The van der Waals surface area contributed by atoms with E-state index in [0.29, 0.717) is 12.8 Å². The molecule has 5 nitrogen and oxygen atoms in total. The Balaban J connectivity index is 1.59. The van der Waals surface area contributed by atoms with Crippen LogP contribution in [0.2, 0.25) is 0 Å². The molecule has 2 saturated heterocycles. The lowest BCUT2D eigenvalue weighted by Crippen LogP contribution is -2.47. The molecule has 1 N–H and O–H groups in total. The number of esters is 1. The average Bonchev–Trinajstić information content (AvgIpc) is 2.79. The number of carbonyl (C=O) groups is 1. The Bertz CT molecular complexity index is 389. The molecule has 2 saturated carbocycles. The Kier molecular flexibility index (Phi) is 2.16. The highest BCUT2D eigenvalue weighted by Crippen LogP contribution is 2.49. The van der Waals surface area contributed by atoms with Gasteiger partial charge in [-0.15, -0.1) is 0 Å². The zero-order chi connectivity index (χ0) is 12.4. The highest BCUT2D eigenvalue weighted by molar-refractivity contribution is 5.82. The molecule has 1 spiro atoms. The molecule has 2 aliphatic heterocycles. The average molecular weight is 254 g/mol. The Hall–Kier alpha value is -0.650. The van der Waals surface area contributed by atoms with E-state index in [0.717, 1.165) is 25.7 Å². The fraction of sp³-hybridized carbons (Fsp3) is 0.923. The first kappa shape index (κ1) is 11.2. The quantitative estimate of drug-likeness (QED) is 0.650. The van der Waals surface area contributed by atoms with Gasteiger partial charge in [0.25, 0.3) is 0 Å². The molecule has 4 rings (SSSR count). The molecule has 0 aromatic rings. The van der Waals surface area contributed by atoms with Gasteiger partial charge >= 0.3 is 5.97 Å². The van der Waals surface area contributed by atoms with E-state index in [2.05, 4.69) is 0 Å². The molecule has 4 fully saturated rings. The maximum atomic E-state index is 11.6. The number of aliphatic hydroxyl groups is 1. The summed E-state index contributed by atoms with van der Waals surface area (Å²) in [5.41, 5.74) is -1.34. The highest BCUT2D eigenvalue weighted by Gasteiger charge is 2.63. The van der Waals surface area contributed by atoms with Crippen molar-refractivity contribution in [2.24, 2.45) is 0 Å². The molecule has 4 atom stereocenters. The third-order valence-corrected chi connectivity index (χ3v) is 4.78. The monoisotopic (exact) mass is 254 g/mol. The molecular weight excluding hydrogens is 236 g/mol. The van der Waals surface area contributed by atoms with Crippen molar-refractivity contribution in [2.45, 2.75) is 74.6 Å². The van der Waals surface area contributed by atoms with Gasteiger partial charge < -0.3 is 19.3 Å². The van der Waals surface area contributed by atoms with E-state index in [-0.39, 0.29) is 18.3 Å². The van der Waals surface area contributed by atoms with Crippen molar-refractivity contribution in [1.29, 1.82) is 0 Å². The summed E-state index contributed by atoms with van der Waals surface area (Å²) in [6, 6.07) is 0. The van der Waals surface area contributed by atoms with E-state index in [1.807, 2.05) is 0 Å². The second-order valence-corrected chi connectivity index (χ2v) is 6.09. The van der Waals surface area contributed by atoms with Gasteiger partial charge in [0.05, 0.1) is 6.10 Å². The van der Waals surface area contributed by atoms with Crippen LogP contribution in [0.25, 0.3) is 0 Å². The van der Waals surface area contributed by atoms with Gasteiger partial charge in [0.2, 0.25) is 0 Å². The van der Waals surface area contributed by atoms with E-state index >= 15 is 0 Å². The van der Waals surface area contributed by atoms with Crippen LogP contribution in [0.5, 0.6) is 0 Å². The van der Waals surface area contributed by atoms with Crippen molar-refractivity contribution in [3.8, 4) is 0 Å². The van der Waals surface area contributed by atoms with Crippen LogP contribution >= 0.6 is 0 Å². The zero-order valence-corrected chi connectivity index (χ0v) is 10.3. The van der Waals surface area contributed by atoms with Gasteiger partial charge in [-0.1, -0.05) is 6.42 Å². The molecule has 18 heavy (non-hydrogen) atoms. The molecule has 0 aromatic carbocycles. The second kappa shape index (κ2) is 3.46. The minimum atomic E-state index is -1.34. The summed E-state index contributed by atoms with van der Waals surface area (Å²) >= 11 is 0. The van der Waals surface area contributed by atoms with Crippen LogP contribution in [-0.4, -0.2) is 40.8 Å². The SMILES string of the molecule is O=C1O[C@@H]2C[C@@]1(O)C[C@H]1OC3(CCCCC3)OC21. The predicted octanol–water partition coefficient (Wildman–Crippen LogP) is 0.881. The van der Waals surface area contributed by atoms with Crippen LogP contribution in [0, 0.1) is 0 Å².